The van der Waals surface area contributed by atoms with Crippen LogP contribution in [0.2, 0.25) is 0 Å². The highest BCUT2D eigenvalue weighted by Crippen LogP contribution is 2.59. The number of hydrogen-bond acceptors (Lipinski definition) is 2. The van der Waals surface area contributed by atoms with Crippen molar-refractivity contribution in [1.82, 2.24) is 0 Å². The van der Waals surface area contributed by atoms with Gasteiger partial charge in [-0.05, 0) is 25.3 Å². The number of aryl methyl sites for hydroxylation is 1. The van der Waals surface area contributed by atoms with E-state index in [2.05, 4.69) is 31.2 Å². The van der Waals surface area contributed by atoms with Crippen LogP contribution in [0.15, 0.2) is 84.9 Å². The van der Waals surface area contributed by atoms with Crippen molar-refractivity contribution in [3.8, 4) is 0 Å². The van der Waals surface area contributed by atoms with Crippen LogP contribution in [0.4, 0.5) is 0 Å². The lowest BCUT2D eigenvalue weighted by molar-refractivity contribution is -0.123. The second-order valence-electron chi connectivity index (χ2n) is 8.76. The molecule has 0 saturated heterocycles. The summed E-state index contributed by atoms with van der Waals surface area (Å²) in [6.45, 7) is 2.06. The van der Waals surface area contributed by atoms with Gasteiger partial charge in [0.2, 0.25) is 0 Å². The molecule has 3 aromatic carbocycles. The maximum absolute atomic E-state index is 15.1. The molecule has 0 aromatic heterocycles. The van der Waals surface area contributed by atoms with E-state index in [4.69, 9.17) is 0 Å². The molecule has 0 amide bonds. The smallest absolute Gasteiger partial charge is 0.150 e. The number of hydrogen-bond donors (Lipinski definition) is 0. The van der Waals surface area contributed by atoms with Crippen LogP contribution >= 0.6 is 7.14 Å². The van der Waals surface area contributed by atoms with Crippen LogP contribution < -0.4 is 10.6 Å². The maximum Gasteiger partial charge on any atom is 0.150 e. The molecule has 1 fully saturated rings. The van der Waals surface area contributed by atoms with Gasteiger partial charge in [0.15, 0.2) is 7.14 Å². The van der Waals surface area contributed by atoms with Crippen LogP contribution in [0.25, 0.3) is 0 Å². The van der Waals surface area contributed by atoms with Gasteiger partial charge >= 0.3 is 0 Å². The number of carbonyl (C=O) groups is 1. The summed E-state index contributed by atoms with van der Waals surface area (Å²) in [5.74, 6) is 0.388. The lowest BCUT2D eigenvalue weighted by Crippen LogP contribution is -2.26. The second-order valence-corrected chi connectivity index (χ2v) is 11.7. The van der Waals surface area contributed by atoms with Crippen molar-refractivity contribution in [2.24, 2.45) is 5.92 Å². The van der Waals surface area contributed by atoms with E-state index >= 15 is 4.57 Å². The van der Waals surface area contributed by atoms with E-state index in [9.17, 15) is 4.79 Å². The van der Waals surface area contributed by atoms with Crippen molar-refractivity contribution >= 4 is 23.5 Å². The minimum atomic E-state index is -3.10. The Morgan fingerprint density at radius 2 is 1.32 bits per heavy atom. The first-order chi connectivity index (χ1) is 15.1. The summed E-state index contributed by atoms with van der Waals surface area (Å²) in [6, 6.07) is 27.8. The molecule has 2 nitrogen and oxygen atoms in total. The van der Waals surface area contributed by atoms with Gasteiger partial charge in [-0.1, -0.05) is 110 Å². The van der Waals surface area contributed by atoms with E-state index in [-0.39, 0.29) is 17.4 Å². The molecule has 0 heterocycles. The fraction of sp³-hybridized carbons (Fsp3) is 0.321. The van der Waals surface area contributed by atoms with E-state index in [1.807, 2.05) is 60.7 Å². The Kier molecular flexibility index (Phi) is 6.88. The third kappa shape index (κ3) is 4.75. The summed E-state index contributed by atoms with van der Waals surface area (Å²) >= 11 is 0. The average molecular weight is 431 g/mol. The fourth-order valence-corrected chi connectivity index (χ4v) is 8.11. The Bertz CT molecular complexity index is 992. The van der Waals surface area contributed by atoms with Gasteiger partial charge in [-0.15, -0.1) is 0 Å². The summed E-state index contributed by atoms with van der Waals surface area (Å²) in [7, 11) is -3.10. The molecular weight excluding hydrogens is 399 g/mol. The van der Waals surface area contributed by atoms with Crippen LogP contribution in [0.3, 0.4) is 0 Å². The number of carbonyl (C=O) groups excluding carboxylic acids is 1. The van der Waals surface area contributed by atoms with E-state index in [0.29, 0.717) is 6.42 Å². The summed E-state index contributed by atoms with van der Waals surface area (Å²) in [5.41, 5.74) is 1.80. The largest absolute Gasteiger partial charge is 0.313 e. The molecule has 160 valence electrons. The molecule has 0 aliphatic heterocycles. The van der Waals surface area contributed by atoms with Crippen molar-refractivity contribution in [2.45, 2.75) is 51.1 Å². The topological polar surface area (TPSA) is 34.1 Å². The molecule has 0 radical (unpaired) electrons. The molecule has 1 aliphatic carbocycles. The number of rotatable bonds is 7. The van der Waals surface area contributed by atoms with Crippen molar-refractivity contribution < 1.29 is 9.36 Å². The lowest BCUT2D eigenvalue weighted by atomic mass is 9.84. The quantitative estimate of drug-likeness (QED) is 0.396. The van der Waals surface area contributed by atoms with E-state index < -0.39 is 7.14 Å². The fourth-order valence-electron chi connectivity index (χ4n) is 4.83. The maximum atomic E-state index is 15.1. The lowest BCUT2D eigenvalue weighted by Gasteiger charge is -2.31. The molecule has 0 bridgehead atoms. The minimum absolute atomic E-state index is 0.113. The van der Waals surface area contributed by atoms with Crippen molar-refractivity contribution in [3.63, 3.8) is 0 Å². The van der Waals surface area contributed by atoms with Gasteiger partial charge in [-0.3, -0.25) is 4.79 Å². The summed E-state index contributed by atoms with van der Waals surface area (Å²) in [6.07, 6.45) is 5.74. The van der Waals surface area contributed by atoms with Crippen molar-refractivity contribution in [1.29, 1.82) is 0 Å². The molecule has 31 heavy (non-hydrogen) atoms. The van der Waals surface area contributed by atoms with Gasteiger partial charge in [0.05, 0.1) is 5.66 Å². The molecule has 1 unspecified atom stereocenters. The Morgan fingerprint density at radius 3 is 1.84 bits per heavy atom. The summed E-state index contributed by atoms with van der Waals surface area (Å²) < 4.78 is 15.1. The molecule has 1 aliphatic rings. The average Bonchev–Trinajstić information content (AvgIpc) is 2.84. The Labute approximate surface area is 186 Å². The van der Waals surface area contributed by atoms with Crippen LogP contribution in [0.1, 0.15) is 55.3 Å². The summed E-state index contributed by atoms with van der Waals surface area (Å²) in [5, 5.41) is 1.64. The van der Waals surface area contributed by atoms with Crippen LogP contribution in [-0.4, -0.2) is 5.78 Å². The van der Waals surface area contributed by atoms with Gasteiger partial charge in [-0.25, -0.2) is 0 Å². The van der Waals surface area contributed by atoms with Gasteiger partial charge in [0, 0.05) is 22.9 Å². The first-order valence-electron chi connectivity index (χ1n) is 11.4. The molecule has 3 heteroatoms. The van der Waals surface area contributed by atoms with Gasteiger partial charge in [0.1, 0.15) is 5.78 Å². The third-order valence-corrected chi connectivity index (χ3v) is 10.1. The number of ketones is 1. The van der Waals surface area contributed by atoms with Crippen LogP contribution in [-0.2, 0) is 9.36 Å². The predicted molar refractivity (Wildman–Crippen MR) is 130 cm³/mol. The molecular formula is C28H31O2P. The van der Waals surface area contributed by atoms with E-state index in [0.717, 1.165) is 47.4 Å². The molecule has 1 atom stereocenters. The zero-order valence-electron chi connectivity index (χ0n) is 18.2. The third-order valence-electron chi connectivity index (χ3n) is 6.64. The normalized spacial score (nSPS) is 16.0. The predicted octanol–water partition coefficient (Wildman–Crippen LogP) is 6.59. The Balaban J connectivity index is 1.83. The monoisotopic (exact) mass is 430 g/mol. The SMILES string of the molecule is Cc1ccc(C(CC(=O)C2CCCCC2)P(=O)(c2ccccc2)c2ccccc2)cc1. The highest BCUT2D eigenvalue weighted by molar-refractivity contribution is 7.79. The number of Topliss-reactive ketones (excluding diaryl/α,β-unsaturated/α-hetero) is 1. The standard InChI is InChI=1S/C28H31O2P/c1-22-17-19-24(20-18-22)28(21-27(29)23-11-5-2-6-12-23)31(30,25-13-7-3-8-14-25)26-15-9-4-10-16-26/h3-4,7-10,13-20,23,28H,2,5-6,11-12,21H2,1H3. The van der Waals surface area contributed by atoms with Gasteiger partial charge in [-0.2, -0.15) is 0 Å². The van der Waals surface area contributed by atoms with Crippen molar-refractivity contribution in [3.05, 3.63) is 96.1 Å². The molecule has 0 spiro atoms. The summed E-state index contributed by atoms with van der Waals surface area (Å²) in [4.78, 5) is 13.4. The highest BCUT2D eigenvalue weighted by atomic mass is 31.2. The van der Waals surface area contributed by atoms with Crippen LogP contribution in [0, 0.1) is 12.8 Å². The second kappa shape index (κ2) is 9.79. The van der Waals surface area contributed by atoms with Gasteiger partial charge < -0.3 is 4.57 Å². The molecule has 1 saturated carbocycles. The van der Waals surface area contributed by atoms with E-state index in [1.165, 1.54) is 6.42 Å². The Hall–Kier alpha value is -2.44. The zero-order valence-corrected chi connectivity index (χ0v) is 19.1. The Morgan fingerprint density at radius 1 is 0.806 bits per heavy atom. The van der Waals surface area contributed by atoms with Crippen molar-refractivity contribution in [2.75, 3.05) is 0 Å². The van der Waals surface area contributed by atoms with Crippen LogP contribution in [0.5, 0.6) is 0 Å². The molecule has 3 aromatic rings. The van der Waals surface area contributed by atoms with Gasteiger partial charge in [0.25, 0.3) is 0 Å². The first-order valence-corrected chi connectivity index (χ1v) is 13.2. The van der Waals surface area contributed by atoms with E-state index in [1.54, 1.807) is 0 Å². The zero-order chi connectivity index (χ0) is 21.7. The number of benzene rings is 3. The molecule has 0 N–H and O–H groups in total. The molecule has 4 rings (SSSR count). The minimum Gasteiger partial charge on any atom is -0.313 e. The first kappa shape index (κ1) is 21.8. The highest BCUT2D eigenvalue weighted by Gasteiger charge is 2.40.